The number of piperidine rings is 1. The highest BCUT2D eigenvalue weighted by Gasteiger charge is 2.26. The van der Waals surface area contributed by atoms with Gasteiger partial charge in [0.25, 0.3) is 0 Å². The van der Waals surface area contributed by atoms with Crippen LogP contribution in [-0.4, -0.2) is 42.5 Å². The van der Waals surface area contributed by atoms with Gasteiger partial charge in [-0.2, -0.15) is 0 Å². The van der Waals surface area contributed by atoms with E-state index in [2.05, 4.69) is 45.7 Å². The Morgan fingerprint density at radius 2 is 2.22 bits per heavy atom. The van der Waals surface area contributed by atoms with Gasteiger partial charge >= 0.3 is 0 Å². The maximum atomic E-state index is 11.6. The van der Waals surface area contributed by atoms with Gasteiger partial charge < -0.3 is 21.3 Å². The van der Waals surface area contributed by atoms with E-state index in [4.69, 9.17) is 10.7 Å². The van der Waals surface area contributed by atoms with Gasteiger partial charge in [0.1, 0.15) is 5.82 Å². The van der Waals surface area contributed by atoms with E-state index >= 15 is 0 Å². The zero-order valence-corrected chi connectivity index (χ0v) is 16.0. The number of primary amides is 1. The number of aliphatic imine (C=N–C) groups is 1. The first kappa shape index (κ1) is 19.2. The fraction of sp³-hybridized carbons (Fsp3) is 0.550. The first-order valence-corrected chi connectivity index (χ1v) is 9.85. The smallest absolute Gasteiger partial charge is 0.222 e. The largest absolute Gasteiger partial charge is 0.369 e. The number of hydrogen-bond acceptors (Lipinski definition) is 4. The molecule has 3 rings (SSSR count). The summed E-state index contributed by atoms with van der Waals surface area (Å²) in [5, 5.41) is 6.81. The lowest BCUT2D eigenvalue weighted by Gasteiger charge is -2.33. The highest BCUT2D eigenvalue weighted by atomic mass is 16.1. The number of carbonyl (C=O) groups is 1. The average Bonchev–Trinajstić information content (AvgIpc) is 3.20. The van der Waals surface area contributed by atoms with Gasteiger partial charge in [-0.25, -0.2) is 9.98 Å². The summed E-state index contributed by atoms with van der Waals surface area (Å²) in [5.74, 6) is 1.41. The van der Waals surface area contributed by atoms with Crippen molar-refractivity contribution in [2.45, 2.75) is 45.2 Å². The van der Waals surface area contributed by atoms with Crippen LogP contribution < -0.4 is 21.3 Å². The molecule has 146 valence electrons. The topological polar surface area (TPSA) is 95.6 Å². The summed E-state index contributed by atoms with van der Waals surface area (Å²) in [7, 11) is 0. The Balaban J connectivity index is 1.71. The summed E-state index contributed by atoms with van der Waals surface area (Å²) in [6.07, 6.45) is 10.1. The third-order valence-corrected chi connectivity index (χ3v) is 5.09. The summed E-state index contributed by atoms with van der Waals surface area (Å²) in [6.45, 7) is 4.95. The third kappa shape index (κ3) is 5.21. The first-order valence-electron chi connectivity index (χ1n) is 9.85. The Hall–Kier alpha value is -2.57. The number of nitrogens with zero attached hydrogens (tertiary/aromatic N) is 3. The lowest BCUT2D eigenvalue weighted by Crippen LogP contribution is -2.42. The Morgan fingerprint density at radius 1 is 1.41 bits per heavy atom. The number of carbonyl (C=O) groups excluding carboxylic acids is 1. The van der Waals surface area contributed by atoms with Crippen LogP contribution in [0.1, 0.15) is 38.2 Å². The van der Waals surface area contributed by atoms with Crippen molar-refractivity contribution in [1.29, 1.82) is 0 Å². The molecule has 1 aliphatic carbocycles. The number of amides is 1. The molecule has 1 saturated heterocycles. The van der Waals surface area contributed by atoms with Crippen LogP contribution in [0, 0.1) is 5.92 Å². The standard InChI is InChI=1S/C20H30N6O/c1-2-22-20(25-17-9-3-4-10-17)24-13-15-7-5-11-23-19(15)26-12-6-8-16(14-26)18(21)27/h3-5,7,11,16-17H,2,6,8-10,12-14H2,1H3,(H2,21,27)(H2,22,24,25). The van der Waals surface area contributed by atoms with Gasteiger partial charge in [-0.15, -0.1) is 0 Å². The van der Waals surface area contributed by atoms with E-state index in [0.29, 0.717) is 19.1 Å². The number of anilines is 1. The summed E-state index contributed by atoms with van der Waals surface area (Å²) >= 11 is 0. The van der Waals surface area contributed by atoms with Gasteiger partial charge in [0.15, 0.2) is 5.96 Å². The number of hydrogen-bond donors (Lipinski definition) is 3. The van der Waals surface area contributed by atoms with Crippen molar-refractivity contribution in [3.05, 3.63) is 36.0 Å². The second-order valence-electron chi connectivity index (χ2n) is 7.15. The zero-order chi connectivity index (χ0) is 19.1. The van der Waals surface area contributed by atoms with Crippen molar-refractivity contribution >= 4 is 17.7 Å². The molecule has 1 fully saturated rings. The Labute approximate surface area is 161 Å². The van der Waals surface area contributed by atoms with Crippen LogP contribution >= 0.6 is 0 Å². The molecule has 0 radical (unpaired) electrons. The molecule has 1 aromatic heterocycles. The molecule has 2 heterocycles. The van der Waals surface area contributed by atoms with Crippen LogP contribution in [0.15, 0.2) is 35.5 Å². The Bertz CT molecular complexity index is 693. The summed E-state index contributed by atoms with van der Waals surface area (Å²) in [4.78, 5) is 23.1. The van der Waals surface area contributed by atoms with Crippen molar-refractivity contribution < 1.29 is 4.79 Å². The molecule has 7 nitrogen and oxygen atoms in total. The SMILES string of the molecule is CCNC(=NCc1cccnc1N1CCCC(C(N)=O)C1)NC1CC=CC1. The van der Waals surface area contributed by atoms with Crippen molar-refractivity contribution in [3.8, 4) is 0 Å². The summed E-state index contributed by atoms with van der Waals surface area (Å²) in [5.41, 5.74) is 6.59. The van der Waals surface area contributed by atoms with Crippen molar-refractivity contribution in [3.63, 3.8) is 0 Å². The Kier molecular flexibility index (Phi) is 6.68. The average molecular weight is 371 g/mol. The highest BCUT2D eigenvalue weighted by Crippen LogP contribution is 2.25. The van der Waals surface area contributed by atoms with E-state index in [1.165, 1.54) is 0 Å². The van der Waals surface area contributed by atoms with Crippen LogP contribution in [0.4, 0.5) is 5.82 Å². The van der Waals surface area contributed by atoms with E-state index in [0.717, 1.165) is 56.1 Å². The molecule has 2 aliphatic rings. The number of rotatable bonds is 6. The normalized spacial score (nSPS) is 20.7. The number of pyridine rings is 1. The van der Waals surface area contributed by atoms with Crippen molar-refractivity contribution in [2.75, 3.05) is 24.5 Å². The van der Waals surface area contributed by atoms with E-state index in [1.807, 2.05) is 6.07 Å². The molecule has 7 heteroatoms. The molecule has 27 heavy (non-hydrogen) atoms. The minimum absolute atomic E-state index is 0.106. The van der Waals surface area contributed by atoms with Crippen LogP contribution in [0.5, 0.6) is 0 Å². The quantitative estimate of drug-likeness (QED) is 0.401. The van der Waals surface area contributed by atoms with Crippen molar-refractivity contribution in [1.82, 2.24) is 15.6 Å². The number of aromatic nitrogens is 1. The minimum atomic E-state index is -0.223. The summed E-state index contributed by atoms with van der Waals surface area (Å²) in [6, 6.07) is 4.40. The number of nitrogens with one attached hydrogen (secondary N) is 2. The molecule has 0 bridgehead atoms. The summed E-state index contributed by atoms with van der Waals surface area (Å²) < 4.78 is 0. The fourth-order valence-electron chi connectivity index (χ4n) is 3.65. The minimum Gasteiger partial charge on any atom is -0.369 e. The third-order valence-electron chi connectivity index (χ3n) is 5.09. The lowest BCUT2D eigenvalue weighted by molar-refractivity contribution is -0.122. The van der Waals surface area contributed by atoms with E-state index in [1.54, 1.807) is 6.20 Å². The molecule has 1 aromatic rings. The van der Waals surface area contributed by atoms with Crippen LogP contribution in [0.25, 0.3) is 0 Å². The lowest BCUT2D eigenvalue weighted by atomic mass is 9.97. The van der Waals surface area contributed by atoms with Gasteiger partial charge in [-0.3, -0.25) is 4.79 Å². The molecule has 1 atom stereocenters. The first-order chi connectivity index (χ1) is 13.2. The van der Waals surface area contributed by atoms with E-state index in [9.17, 15) is 4.79 Å². The highest BCUT2D eigenvalue weighted by molar-refractivity contribution is 5.80. The molecule has 0 spiro atoms. The molecule has 1 aliphatic heterocycles. The fourth-order valence-corrected chi connectivity index (χ4v) is 3.65. The molecule has 4 N–H and O–H groups in total. The van der Waals surface area contributed by atoms with Gasteiger partial charge in [-0.05, 0) is 38.7 Å². The molecular weight excluding hydrogens is 340 g/mol. The number of guanidine groups is 1. The van der Waals surface area contributed by atoms with E-state index in [-0.39, 0.29) is 11.8 Å². The van der Waals surface area contributed by atoms with Crippen molar-refractivity contribution in [2.24, 2.45) is 16.6 Å². The molecule has 1 unspecified atom stereocenters. The van der Waals surface area contributed by atoms with Crippen LogP contribution in [0.3, 0.4) is 0 Å². The monoisotopic (exact) mass is 370 g/mol. The predicted octanol–water partition coefficient (Wildman–Crippen LogP) is 1.56. The van der Waals surface area contributed by atoms with Gasteiger partial charge in [0.2, 0.25) is 5.91 Å². The van der Waals surface area contributed by atoms with Gasteiger partial charge in [0.05, 0.1) is 12.5 Å². The zero-order valence-electron chi connectivity index (χ0n) is 16.0. The second kappa shape index (κ2) is 9.39. The molecular formula is C20H30N6O. The maximum Gasteiger partial charge on any atom is 0.222 e. The number of nitrogens with two attached hydrogens (primary N) is 1. The van der Waals surface area contributed by atoms with E-state index < -0.39 is 0 Å². The molecule has 0 aromatic carbocycles. The van der Waals surface area contributed by atoms with Crippen LogP contribution in [-0.2, 0) is 11.3 Å². The second-order valence-corrected chi connectivity index (χ2v) is 7.15. The molecule has 0 saturated carbocycles. The molecule has 1 amide bonds. The van der Waals surface area contributed by atoms with Gasteiger partial charge in [-0.1, -0.05) is 18.2 Å². The predicted molar refractivity (Wildman–Crippen MR) is 108 cm³/mol. The maximum absolute atomic E-state index is 11.6. The van der Waals surface area contributed by atoms with Crippen LogP contribution in [0.2, 0.25) is 0 Å². The van der Waals surface area contributed by atoms with Gasteiger partial charge in [0, 0.05) is 37.4 Å². The Morgan fingerprint density at radius 3 is 2.96 bits per heavy atom.